The van der Waals surface area contributed by atoms with Crippen molar-refractivity contribution >= 4 is 23.4 Å². The van der Waals surface area contributed by atoms with Crippen molar-refractivity contribution in [2.45, 2.75) is 19.4 Å². The summed E-state index contributed by atoms with van der Waals surface area (Å²) in [4.78, 5) is 13.2. The molecule has 0 bridgehead atoms. The lowest BCUT2D eigenvalue weighted by molar-refractivity contribution is -0.385. The Morgan fingerprint density at radius 1 is 1.16 bits per heavy atom. The third kappa shape index (κ3) is 4.73. The maximum absolute atomic E-state index is 11.4. The van der Waals surface area contributed by atoms with Crippen LogP contribution >= 0.6 is 11.6 Å². The first-order chi connectivity index (χ1) is 12.1. The van der Waals surface area contributed by atoms with Crippen LogP contribution in [0.15, 0.2) is 48.7 Å². The van der Waals surface area contributed by atoms with Crippen molar-refractivity contribution < 1.29 is 9.66 Å². The average molecular weight is 359 g/mol. The van der Waals surface area contributed by atoms with Gasteiger partial charge in [0.2, 0.25) is 0 Å². The van der Waals surface area contributed by atoms with Gasteiger partial charge in [-0.1, -0.05) is 23.7 Å². The molecule has 1 aliphatic rings. The smallest absolute Gasteiger partial charge is 0.280 e. The quantitative estimate of drug-likeness (QED) is 0.544. The van der Waals surface area contributed by atoms with E-state index in [0.717, 1.165) is 18.7 Å². The van der Waals surface area contributed by atoms with Crippen molar-refractivity contribution in [1.29, 1.82) is 0 Å². The molecule has 3 rings (SSSR count). The predicted molar refractivity (Wildman–Crippen MR) is 98.7 cm³/mol. The zero-order valence-electron chi connectivity index (χ0n) is 13.7. The maximum atomic E-state index is 11.4. The summed E-state index contributed by atoms with van der Waals surface area (Å²) in [5.41, 5.74) is 1.57. The van der Waals surface area contributed by atoms with Crippen molar-refractivity contribution in [2.75, 3.05) is 13.1 Å². The van der Waals surface area contributed by atoms with Crippen LogP contribution in [0.5, 0.6) is 5.75 Å². The lowest BCUT2D eigenvalue weighted by Gasteiger charge is -2.10. The molecular weight excluding hydrogens is 340 g/mol. The molecule has 0 aromatic heterocycles. The van der Waals surface area contributed by atoms with Crippen molar-refractivity contribution in [1.82, 2.24) is 4.90 Å². The first-order valence-corrected chi connectivity index (χ1v) is 8.57. The highest BCUT2D eigenvalue weighted by molar-refractivity contribution is 6.30. The summed E-state index contributed by atoms with van der Waals surface area (Å²) in [6, 6.07) is 12.3. The second-order valence-electron chi connectivity index (χ2n) is 5.95. The SMILES string of the molecule is O=[N+]([O-])c1cc(OCc2ccc(Cl)cc2)ccc1C=CN1CCCC1. The fraction of sp³-hybridized carbons (Fsp3) is 0.263. The Morgan fingerprint density at radius 3 is 2.56 bits per heavy atom. The Balaban J connectivity index is 1.71. The van der Waals surface area contributed by atoms with Crippen molar-refractivity contribution in [2.24, 2.45) is 0 Å². The van der Waals surface area contributed by atoms with E-state index in [1.165, 1.54) is 18.9 Å². The van der Waals surface area contributed by atoms with Crippen molar-refractivity contribution in [3.8, 4) is 5.75 Å². The summed E-state index contributed by atoms with van der Waals surface area (Å²) >= 11 is 5.85. The van der Waals surface area contributed by atoms with Crippen LogP contribution in [0, 0.1) is 10.1 Å². The van der Waals surface area contributed by atoms with E-state index in [0.29, 0.717) is 22.9 Å². The molecule has 0 saturated carbocycles. The molecule has 2 aromatic rings. The van der Waals surface area contributed by atoms with E-state index in [4.69, 9.17) is 16.3 Å². The van der Waals surface area contributed by atoms with E-state index < -0.39 is 0 Å². The molecule has 1 heterocycles. The molecule has 130 valence electrons. The highest BCUT2D eigenvalue weighted by atomic mass is 35.5. The van der Waals surface area contributed by atoms with Crippen LogP contribution in [0.3, 0.4) is 0 Å². The zero-order valence-corrected chi connectivity index (χ0v) is 14.5. The molecule has 0 unspecified atom stereocenters. The molecule has 25 heavy (non-hydrogen) atoms. The van der Waals surface area contributed by atoms with Crippen LogP contribution in [0.4, 0.5) is 5.69 Å². The van der Waals surface area contributed by atoms with Gasteiger partial charge in [-0.15, -0.1) is 0 Å². The van der Waals surface area contributed by atoms with E-state index in [9.17, 15) is 10.1 Å². The largest absolute Gasteiger partial charge is 0.489 e. The van der Waals surface area contributed by atoms with Crippen LogP contribution < -0.4 is 4.74 Å². The molecule has 1 fully saturated rings. The normalized spacial score (nSPS) is 14.2. The van der Waals surface area contributed by atoms with Gasteiger partial charge in [0.05, 0.1) is 16.6 Å². The monoisotopic (exact) mass is 358 g/mol. The molecule has 6 heteroatoms. The molecule has 1 saturated heterocycles. The second-order valence-corrected chi connectivity index (χ2v) is 6.39. The Labute approximate surface area is 151 Å². The van der Waals surface area contributed by atoms with Gasteiger partial charge < -0.3 is 9.64 Å². The van der Waals surface area contributed by atoms with E-state index >= 15 is 0 Å². The predicted octanol–water partition coefficient (Wildman–Crippen LogP) is 4.89. The van der Waals surface area contributed by atoms with Crippen LogP contribution in [0.1, 0.15) is 24.0 Å². The highest BCUT2D eigenvalue weighted by Crippen LogP contribution is 2.27. The van der Waals surface area contributed by atoms with E-state index in [2.05, 4.69) is 4.90 Å². The average Bonchev–Trinajstić information content (AvgIpc) is 3.13. The van der Waals surface area contributed by atoms with E-state index in [1.54, 1.807) is 30.3 Å². The number of hydrogen-bond donors (Lipinski definition) is 0. The molecular formula is C19H19ClN2O3. The summed E-state index contributed by atoms with van der Waals surface area (Å²) in [6.07, 6.45) is 6.07. The third-order valence-corrected chi connectivity index (χ3v) is 4.37. The zero-order chi connectivity index (χ0) is 17.6. The van der Waals surface area contributed by atoms with Crippen LogP contribution in [0.2, 0.25) is 5.02 Å². The van der Waals surface area contributed by atoms with Crippen LogP contribution in [-0.4, -0.2) is 22.9 Å². The number of likely N-dealkylation sites (tertiary alicyclic amines) is 1. The van der Waals surface area contributed by atoms with Gasteiger partial charge in [0.1, 0.15) is 12.4 Å². The molecule has 5 nitrogen and oxygen atoms in total. The number of ether oxygens (including phenoxy) is 1. The fourth-order valence-electron chi connectivity index (χ4n) is 2.74. The summed E-state index contributed by atoms with van der Waals surface area (Å²) in [5.74, 6) is 0.472. The number of rotatable bonds is 6. The van der Waals surface area contributed by atoms with E-state index in [1.807, 2.05) is 18.3 Å². The Morgan fingerprint density at radius 2 is 1.88 bits per heavy atom. The minimum atomic E-state index is -0.376. The van der Waals surface area contributed by atoms with Gasteiger partial charge in [-0.2, -0.15) is 0 Å². The van der Waals surface area contributed by atoms with Crippen LogP contribution in [-0.2, 0) is 6.61 Å². The number of halogens is 1. The molecule has 0 amide bonds. The van der Waals surface area contributed by atoms with Crippen molar-refractivity contribution in [3.63, 3.8) is 0 Å². The van der Waals surface area contributed by atoms with Gasteiger partial charge in [-0.3, -0.25) is 10.1 Å². The molecule has 1 aliphatic heterocycles. The molecule has 0 radical (unpaired) electrons. The number of nitrogens with zero attached hydrogens (tertiary/aromatic N) is 2. The lowest BCUT2D eigenvalue weighted by Crippen LogP contribution is -2.10. The third-order valence-electron chi connectivity index (χ3n) is 4.12. The van der Waals surface area contributed by atoms with Gasteiger partial charge in [0.15, 0.2) is 0 Å². The van der Waals surface area contributed by atoms with Gasteiger partial charge in [0, 0.05) is 18.1 Å². The standard InChI is InChI=1S/C19H19ClN2O3/c20-17-6-3-15(4-7-17)14-25-18-8-5-16(19(13-18)22(23)24)9-12-21-10-1-2-11-21/h3-9,12-13H,1-2,10-11,14H2. The van der Waals surface area contributed by atoms with Gasteiger partial charge in [0.25, 0.3) is 5.69 Å². The summed E-state index contributed by atoms with van der Waals surface area (Å²) in [7, 11) is 0. The van der Waals surface area contributed by atoms with Gasteiger partial charge in [-0.05, 0) is 54.9 Å². The molecule has 0 atom stereocenters. The number of benzene rings is 2. The first kappa shape index (κ1) is 17.3. The first-order valence-electron chi connectivity index (χ1n) is 8.20. The van der Waals surface area contributed by atoms with E-state index in [-0.39, 0.29) is 10.6 Å². The summed E-state index contributed by atoms with van der Waals surface area (Å²) in [5, 5.41) is 12.0. The Bertz CT molecular complexity index is 769. The molecule has 0 spiro atoms. The lowest BCUT2D eigenvalue weighted by atomic mass is 10.1. The van der Waals surface area contributed by atoms with Crippen molar-refractivity contribution in [3.05, 3.63) is 74.9 Å². The fourth-order valence-corrected chi connectivity index (χ4v) is 2.86. The number of nitro benzene ring substituents is 1. The molecule has 2 aromatic carbocycles. The Hall–Kier alpha value is -2.53. The second kappa shape index (κ2) is 8.03. The molecule has 0 N–H and O–H groups in total. The maximum Gasteiger partial charge on any atom is 0.280 e. The molecule has 0 aliphatic carbocycles. The highest BCUT2D eigenvalue weighted by Gasteiger charge is 2.14. The minimum absolute atomic E-state index is 0.0454. The Kier molecular flexibility index (Phi) is 5.56. The van der Waals surface area contributed by atoms with Gasteiger partial charge >= 0.3 is 0 Å². The summed E-state index contributed by atoms with van der Waals surface area (Å²) in [6.45, 7) is 2.34. The number of hydrogen-bond acceptors (Lipinski definition) is 4. The van der Waals surface area contributed by atoms with Gasteiger partial charge in [-0.25, -0.2) is 0 Å². The number of nitro groups is 1. The summed E-state index contributed by atoms with van der Waals surface area (Å²) < 4.78 is 5.67. The topological polar surface area (TPSA) is 55.6 Å². The van der Waals surface area contributed by atoms with Crippen LogP contribution in [0.25, 0.3) is 6.08 Å². The minimum Gasteiger partial charge on any atom is -0.489 e.